The van der Waals surface area contributed by atoms with E-state index in [1.54, 1.807) is 12.4 Å². The van der Waals surface area contributed by atoms with E-state index >= 15 is 0 Å². The van der Waals surface area contributed by atoms with Gasteiger partial charge in [0.1, 0.15) is 0 Å². The zero-order chi connectivity index (χ0) is 8.39. The summed E-state index contributed by atoms with van der Waals surface area (Å²) < 4.78 is 5.89. The van der Waals surface area contributed by atoms with E-state index in [0.29, 0.717) is 12.0 Å². The lowest BCUT2D eigenvalue weighted by atomic mass is 10.3. The van der Waals surface area contributed by atoms with Crippen LogP contribution in [0, 0.1) is 0 Å². The first kappa shape index (κ1) is 7.94. The Morgan fingerprint density at radius 1 is 1.42 bits per heavy atom. The largest absolute Gasteiger partial charge is 0.377 e. The number of ether oxygens (including phenoxy) is 1. The van der Waals surface area contributed by atoms with Gasteiger partial charge in [0, 0.05) is 12.4 Å². The molecular weight excluding hydrogens is 222 g/mol. The molecule has 5 heteroatoms. The van der Waals surface area contributed by atoms with E-state index in [2.05, 4.69) is 31.2 Å². The second-order valence-electron chi connectivity index (χ2n) is 2.60. The van der Waals surface area contributed by atoms with Crippen molar-refractivity contribution in [3.05, 3.63) is 16.9 Å². The van der Waals surface area contributed by atoms with Crippen LogP contribution >= 0.6 is 15.9 Å². The molecule has 0 aliphatic carbocycles. The van der Waals surface area contributed by atoms with E-state index in [1.165, 1.54) is 0 Å². The highest BCUT2D eigenvalue weighted by Crippen LogP contribution is 2.10. The molecule has 2 heterocycles. The number of nitrogens with zero attached hydrogens (tertiary/aromatic N) is 2. The van der Waals surface area contributed by atoms with Gasteiger partial charge in [0.15, 0.2) is 0 Å². The molecule has 0 bridgehead atoms. The molecule has 1 aromatic heterocycles. The van der Waals surface area contributed by atoms with Crippen molar-refractivity contribution >= 4 is 21.9 Å². The van der Waals surface area contributed by atoms with Crippen LogP contribution in [-0.4, -0.2) is 29.2 Å². The van der Waals surface area contributed by atoms with Crippen LogP contribution in [0.2, 0.25) is 0 Å². The van der Waals surface area contributed by atoms with Gasteiger partial charge in [-0.2, -0.15) is 0 Å². The third-order valence-corrected chi connectivity index (χ3v) is 2.00. The molecule has 0 atom stereocenters. The Labute approximate surface area is 78.5 Å². The second-order valence-corrected chi connectivity index (χ2v) is 3.52. The Morgan fingerprint density at radius 2 is 2.08 bits per heavy atom. The Hall–Kier alpha value is -0.680. The molecule has 0 amide bonds. The molecule has 12 heavy (non-hydrogen) atoms. The van der Waals surface area contributed by atoms with Crippen molar-refractivity contribution in [2.45, 2.75) is 6.04 Å². The topological polar surface area (TPSA) is 47.0 Å². The fourth-order valence-electron chi connectivity index (χ4n) is 0.888. The third kappa shape index (κ3) is 1.73. The summed E-state index contributed by atoms with van der Waals surface area (Å²) in [5.74, 6) is 0.659. The molecule has 0 spiro atoms. The molecule has 0 unspecified atom stereocenters. The fourth-order valence-corrected chi connectivity index (χ4v) is 1.09. The lowest BCUT2D eigenvalue weighted by molar-refractivity contribution is 0.0208. The van der Waals surface area contributed by atoms with Crippen LogP contribution in [0.3, 0.4) is 0 Å². The highest BCUT2D eigenvalue weighted by molar-refractivity contribution is 9.10. The zero-order valence-corrected chi connectivity index (χ0v) is 7.91. The molecule has 0 radical (unpaired) electrons. The van der Waals surface area contributed by atoms with Gasteiger partial charge in [0.05, 0.1) is 23.7 Å². The van der Waals surface area contributed by atoms with Gasteiger partial charge in [0.25, 0.3) is 0 Å². The quantitative estimate of drug-likeness (QED) is 0.824. The number of hydrogen-bond acceptors (Lipinski definition) is 4. The molecule has 0 saturated carbocycles. The number of hydrogen-bond donors (Lipinski definition) is 1. The summed E-state index contributed by atoms with van der Waals surface area (Å²) in [5.41, 5.74) is 0. The summed E-state index contributed by atoms with van der Waals surface area (Å²) in [6.07, 6.45) is 3.43. The predicted octanol–water partition coefficient (Wildman–Crippen LogP) is 1.05. The Bertz CT molecular complexity index is 260. The van der Waals surface area contributed by atoms with E-state index in [0.717, 1.165) is 17.7 Å². The number of rotatable bonds is 2. The summed E-state index contributed by atoms with van der Waals surface area (Å²) in [6, 6.07) is 0.381. The lowest BCUT2D eigenvalue weighted by Gasteiger charge is -2.26. The van der Waals surface area contributed by atoms with Gasteiger partial charge in [-0.3, -0.25) is 0 Å². The van der Waals surface area contributed by atoms with Gasteiger partial charge in [-0.05, 0) is 15.9 Å². The van der Waals surface area contributed by atoms with Gasteiger partial charge < -0.3 is 10.1 Å². The van der Waals surface area contributed by atoms with Crippen molar-refractivity contribution in [1.29, 1.82) is 0 Å². The number of nitrogens with one attached hydrogen (secondary N) is 1. The zero-order valence-electron chi connectivity index (χ0n) is 6.33. The molecule has 1 saturated heterocycles. The molecular formula is C7H8BrN3O. The van der Waals surface area contributed by atoms with E-state index in [-0.39, 0.29) is 0 Å². The maximum Gasteiger partial charge on any atom is 0.223 e. The monoisotopic (exact) mass is 229 g/mol. The van der Waals surface area contributed by atoms with Crippen LogP contribution in [0.15, 0.2) is 16.9 Å². The van der Waals surface area contributed by atoms with Crippen LogP contribution in [-0.2, 0) is 4.74 Å². The minimum absolute atomic E-state index is 0.381. The first-order valence-corrected chi connectivity index (χ1v) is 4.46. The average molecular weight is 230 g/mol. The molecule has 1 fully saturated rings. The fraction of sp³-hybridized carbons (Fsp3) is 0.429. The van der Waals surface area contributed by atoms with E-state index < -0.39 is 0 Å². The van der Waals surface area contributed by atoms with Gasteiger partial charge in [-0.15, -0.1) is 0 Å². The number of anilines is 1. The van der Waals surface area contributed by atoms with Crippen molar-refractivity contribution in [1.82, 2.24) is 9.97 Å². The maximum atomic E-state index is 5.00. The van der Waals surface area contributed by atoms with E-state index in [1.807, 2.05) is 0 Å². The molecule has 1 aromatic rings. The van der Waals surface area contributed by atoms with Gasteiger partial charge >= 0.3 is 0 Å². The minimum Gasteiger partial charge on any atom is -0.377 e. The summed E-state index contributed by atoms with van der Waals surface area (Å²) in [6.45, 7) is 1.50. The summed E-state index contributed by atoms with van der Waals surface area (Å²) in [4.78, 5) is 8.15. The van der Waals surface area contributed by atoms with Crippen molar-refractivity contribution in [3.63, 3.8) is 0 Å². The Morgan fingerprint density at radius 3 is 2.58 bits per heavy atom. The highest BCUT2D eigenvalue weighted by Gasteiger charge is 2.18. The molecule has 4 nitrogen and oxygen atoms in total. The normalized spacial score (nSPS) is 17.1. The molecule has 1 aliphatic rings. The van der Waals surface area contributed by atoms with Gasteiger partial charge in [-0.1, -0.05) is 0 Å². The predicted molar refractivity (Wildman–Crippen MR) is 48.0 cm³/mol. The molecule has 1 aliphatic heterocycles. The van der Waals surface area contributed by atoms with E-state index in [4.69, 9.17) is 4.74 Å². The standard InChI is InChI=1S/C7H8BrN3O/c8-5-1-9-7(10-2-5)11-6-3-12-4-6/h1-2,6H,3-4H2,(H,9,10,11). The molecule has 1 N–H and O–H groups in total. The molecule has 64 valence electrons. The van der Waals surface area contributed by atoms with Crippen molar-refractivity contribution in [3.8, 4) is 0 Å². The summed E-state index contributed by atoms with van der Waals surface area (Å²) in [7, 11) is 0. The van der Waals surface area contributed by atoms with Crippen molar-refractivity contribution in [2.24, 2.45) is 0 Å². The van der Waals surface area contributed by atoms with Crippen molar-refractivity contribution in [2.75, 3.05) is 18.5 Å². The van der Waals surface area contributed by atoms with Crippen LogP contribution < -0.4 is 5.32 Å². The second kappa shape index (κ2) is 3.37. The van der Waals surface area contributed by atoms with Crippen LogP contribution in [0.4, 0.5) is 5.95 Å². The third-order valence-electron chi connectivity index (χ3n) is 1.59. The van der Waals surface area contributed by atoms with Gasteiger partial charge in [-0.25, -0.2) is 9.97 Å². The first-order valence-electron chi connectivity index (χ1n) is 3.66. The summed E-state index contributed by atoms with van der Waals surface area (Å²) in [5, 5.41) is 3.14. The van der Waals surface area contributed by atoms with Crippen molar-refractivity contribution < 1.29 is 4.74 Å². The van der Waals surface area contributed by atoms with Crippen LogP contribution in [0.5, 0.6) is 0 Å². The first-order chi connectivity index (χ1) is 5.84. The Kier molecular flexibility index (Phi) is 2.23. The van der Waals surface area contributed by atoms with Gasteiger partial charge in [0.2, 0.25) is 5.95 Å². The molecule has 0 aromatic carbocycles. The molecule has 2 rings (SSSR count). The van der Waals surface area contributed by atoms with E-state index in [9.17, 15) is 0 Å². The SMILES string of the molecule is Brc1cnc(NC2COC2)nc1. The minimum atomic E-state index is 0.381. The Balaban J connectivity index is 1.98. The smallest absolute Gasteiger partial charge is 0.223 e. The average Bonchev–Trinajstić information content (AvgIpc) is 2.00. The highest BCUT2D eigenvalue weighted by atomic mass is 79.9. The summed E-state index contributed by atoms with van der Waals surface area (Å²) >= 11 is 3.27. The van der Waals surface area contributed by atoms with Crippen LogP contribution in [0.1, 0.15) is 0 Å². The lowest BCUT2D eigenvalue weighted by Crippen LogP contribution is -2.40. The number of halogens is 1. The maximum absolute atomic E-state index is 5.00. The van der Waals surface area contributed by atoms with Crippen LogP contribution in [0.25, 0.3) is 0 Å². The number of aromatic nitrogens is 2.